The highest BCUT2D eigenvalue weighted by atomic mass is 32.2. The van der Waals surface area contributed by atoms with Crippen molar-refractivity contribution in [1.82, 2.24) is 10.2 Å². The summed E-state index contributed by atoms with van der Waals surface area (Å²) in [7, 11) is 1.88. The third-order valence-corrected chi connectivity index (χ3v) is 6.99. The van der Waals surface area contributed by atoms with Gasteiger partial charge in [-0.2, -0.15) is 11.8 Å². The fourth-order valence-corrected chi connectivity index (χ4v) is 5.21. The summed E-state index contributed by atoms with van der Waals surface area (Å²) in [5.41, 5.74) is 2.56. The van der Waals surface area contributed by atoms with Crippen molar-refractivity contribution >= 4 is 17.7 Å². The molecule has 1 aromatic carbocycles. The van der Waals surface area contributed by atoms with Gasteiger partial charge in [-0.3, -0.25) is 4.99 Å². The average Bonchev–Trinajstić information content (AvgIpc) is 2.70. The highest BCUT2D eigenvalue weighted by Crippen LogP contribution is 2.35. The predicted octanol–water partition coefficient (Wildman–Crippen LogP) is 3.25. The van der Waals surface area contributed by atoms with Crippen molar-refractivity contribution in [1.29, 1.82) is 0 Å². The number of guanidine groups is 1. The first-order valence-corrected chi connectivity index (χ1v) is 11.0. The van der Waals surface area contributed by atoms with Gasteiger partial charge in [-0.1, -0.05) is 31.2 Å². The van der Waals surface area contributed by atoms with Gasteiger partial charge < -0.3 is 19.7 Å². The number of hydrogen-bond donors (Lipinski definition) is 1. The van der Waals surface area contributed by atoms with Crippen molar-refractivity contribution in [2.24, 2.45) is 4.99 Å². The van der Waals surface area contributed by atoms with Crippen molar-refractivity contribution in [2.75, 3.05) is 52.3 Å². The number of thioether (sulfide) groups is 1. The van der Waals surface area contributed by atoms with Crippen LogP contribution in [0.15, 0.2) is 29.3 Å². The van der Waals surface area contributed by atoms with E-state index in [1.807, 2.05) is 7.05 Å². The molecule has 1 unspecified atom stereocenters. The molecule has 0 saturated carbocycles. The van der Waals surface area contributed by atoms with Crippen molar-refractivity contribution in [3.05, 3.63) is 35.4 Å². The lowest BCUT2D eigenvalue weighted by atomic mass is 9.99. The second-order valence-electron chi connectivity index (χ2n) is 7.29. The molecule has 5 nitrogen and oxygen atoms in total. The number of nitrogens with one attached hydrogen (secondary N) is 1. The fraction of sp³-hybridized carbons (Fsp3) is 0.667. The molecule has 1 N–H and O–H groups in total. The van der Waals surface area contributed by atoms with Crippen molar-refractivity contribution < 1.29 is 9.47 Å². The van der Waals surface area contributed by atoms with E-state index in [4.69, 9.17) is 9.47 Å². The molecule has 2 aliphatic rings. The minimum absolute atomic E-state index is 0.0977. The van der Waals surface area contributed by atoms with Crippen molar-refractivity contribution in [3.8, 4) is 0 Å². The van der Waals surface area contributed by atoms with E-state index in [0.29, 0.717) is 0 Å². The van der Waals surface area contributed by atoms with E-state index >= 15 is 0 Å². The Morgan fingerprint density at radius 3 is 2.78 bits per heavy atom. The van der Waals surface area contributed by atoms with Gasteiger partial charge in [0.15, 0.2) is 5.96 Å². The number of aliphatic imine (C=N–C) groups is 1. The molecule has 0 aromatic heterocycles. The van der Waals surface area contributed by atoms with E-state index in [0.717, 1.165) is 64.0 Å². The largest absolute Gasteiger partial charge is 0.381 e. The predicted molar refractivity (Wildman–Crippen MR) is 114 cm³/mol. The highest BCUT2D eigenvalue weighted by Gasteiger charge is 2.33. The van der Waals surface area contributed by atoms with Gasteiger partial charge in [0, 0.05) is 38.1 Å². The summed E-state index contributed by atoms with van der Waals surface area (Å²) in [6.45, 7) is 9.49. The molecule has 0 radical (unpaired) electrons. The number of rotatable bonds is 5. The number of ether oxygens (including phenoxy) is 2. The van der Waals surface area contributed by atoms with E-state index in [1.54, 1.807) is 0 Å². The second-order valence-corrected chi connectivity index (χ2v) is 9.02. The van der Waals surface area contributed by atoms with Crippen LogP contribution in [-0.2, 0) is 9.47 Å². The van der Waals surface area contributed by atoms with Crippen LogP contribution >= 0.6 is 11.8 Å². The van der Waals surface area contributed by atoms with Crippen LogP contribution in [0.25, 0.3) is 0 Å². The quantitative estimate of drug-likeness (QED) is 0.617. The zero-order valence-corrected chi connectivity index (χ0v) is 17.7. The normalized spacial score (nSPS) is 23.3. The summed E-state index contributed by atoms with van der Waals surface area (Å²) in [6, 6.07) is 8.50. The molecule has 27 heavy (non-hydrogen) atoms. The Labute approximate surface area is 167 Å². The third kappa shape index (κ3) is 5.18. The van der Waals surface area contributed by atoms with Gasteiger partial charge in [-0.15, -0.1) is 0 Å². The first-order valence-electron chi connectivity index (χ1n) is 10.0. The number of benzene rings is 1. The maximum absolute atomic E-state index is 6.08. The first kappa shape index (κ1) is 20.5. The van der Waals surface area contributed by atoms with Crippen molar-refractivity contribution in [3.63, 3.8) is 0 Å². The fourth-order valence-electron chi connectivity index (χ4n) is 3.97. The molecule has 3 rings (SSSR count). The van der Waals surface area contributed by atoms with Crippen LogP contribution in [0.4, 0.5) is 0 Å². The van der Waals surface area contributed by atoms with Gasteiger partial charge in [0.25, 0.3) is 0 Å². The molecular formula is C21H33N3O2S. The molecule has 2 aliphatic heterocycles. The van der Waals surface area contributed by atoms with Gasteiger partial charge in [0.05, 0.1) is 13.2 Å². The molecular weight excluding hydrogens is 358 g/mol. The number of nitrogens with zero attached hydrogens (tertiary/aromatic N) is 2. The Hall–Kier alpha value is -1.24. The molecule has 1 atom stereocenters. The Bertz CT molecular complexity index is 626. The van der Waals surface area contributed by atoms with Crippen LogP contribution in [0, 0.1) is 6.92 Å². The number of hydrogen-bond acceptors (Lipinski definition) is 4. The second kappa shape index (κ2) is 9.80. The minimum Gasteiger partial charge on any atom is -0.381 e. The Balaban J connectivity index is 1.64. The lowest BCUT2D eigenvalue weighted by molar-refractivity contribution is -0.00843. The first-order chi connectivity index (χ1) is 13.2. The summed E-state index contributed by atoms with van der Waals surface area (Å²) in [5.74, 6) is 2.12. The minimum atomic E-state index is 0.0977. The summed E-state index contributed by atoms with van der Waals surface area (Å²) in [5, 5.41) is 3.67. The van der Waals surface area contributed by atoms with Crippen LogP contribution in [0.3, 0.4) is 0 Å². The van der Waals surface area contributed by atoms with Gasteiger partial charge >= 0.3 is 0 Å². The monoisotopic (exact) mass is 391 g/mol. The average molecular weight is 392 g/mol. The lowest BCUT2D eigenvalue weighted by Crippen LogP contribution is -2.52. The highest BCUT2D eigenvalue weighted by molar-refractivity contribution is 8.00. The summed E-state index contributed by atoms with van der Waals surface area (Å²) in [4.78, 5) is 6.91. The number of aryl methyl sites for hydroxylation is 1. The molecule has 2 heterocycles. The van der Waals surface area contributed by atoms with Gasteiger partial charge in [0.1, 0.15) is 6.10 Å². The van der Waals surface area contributed by atoms with Crippen LogP contribution in [-0.4, -0.2) is 67.9 Å². The SMILES string of the molecule is CCSC1(CNC(=NC)N2CCOC(c3ccccc3C)C2)CCOCC1. The summed E-state index contributed by atoms with van der Waals surface area (Å²) >= 11 is 2.06. The third-order valence-electron chi connectivity index (χ3n) is 5.54. The van der Waals surface area contributed by atoms with Crippen LogP contribution in [0.2, 0.25) is 0 Å². The van der Waals surface area contributed by atoms with Gasteiger partial charge in [-0.05, 0) is 36.6 Å². The maximum Gasteiger partial charge on any atom is 0.193 e. The molecule has 0 spiro atoms. The summed E-state index contributed by atoms with van der Waals surface area (Å²) in [6.07, 6.45) is 2.30. The zero-order valence-electron chi connectivity index (χ0n) is 16.9. The van der Waals surface area contributed by atoms with Crippen LogP contribution < -0.4 is 5.32 Å². The van der Waals surface area contributed by atoms with Gasteiger partial charge in [0.2, 0.25) is 0 Å². The zero-order chi connectivity index (χ0) is 19.1. The van der Waals surface area contributed by atoms with Crippen LogP contribution in [0.5, 0.6) is 0 Å². The molecule has 1 aromatic rings. The Morgan fingerprint density at radius 1 is 1.30 bits per heavy atom. The Morgan fingerprint density at radius 2 is 2.07 bits per heavy atom. The van der Waals surface area contributed by atoms with E-state index in [1.165, 1.54) is 11.1 Å². The molecule has 2 saturated heterocycles. The number of morpholine rings is 1. The molecule has 0 aliphatic carbocycles. The molecule has 0 bridgehead atoms. The lowest BCUT2D eigenvalue weighted by Gasteiger charge is -2.39. The standard InChI is InChI=1S/C21H33N3O2S/c1-4-27-21(9-12-25-13-10-21)16-23-20(22-3)24-11-14-26-19(15-24)18-8-6-5-7-17(18)2/h5-8,19H,4,9-16H2,1-3H3,(H,22,23). The summed E-state index contributed by atoms with van der Waals surface area (Å²) < 4.78 is 11.9. The topological polar surface area (TPSA) is 46.1 Å². The Kier molecular flexibility index (Phi) is 7.44. The molecule has 150 valence electrons. The van der Waals surface area contributed by atoms with Crippen molar-refractivity contribution in [2.45, 2.75) is 37.5 Å². The molecule has 2 fully saturated rings. The molecule has 6 heteroatoms. The van der Waals surface area contributed by atoms with E-state index < -0.39 is 0 Å². The maximum atomic E-state index is 6.08. The van der Waals surface area contributed by atoms with Crippen LogP contribution in [0.1, 0.15) is 37.0 Å². The smallest absolute Gasteiger partial charge is 0.193 e. The van der Waals surface area contributed by atoms with Gasteiger partial charge in [-0.25, -0.2) is 0 Å². The molecule has 0 amide bonds. The van der Waals surface area contributed by atoms with E-state index in [-0.39, 0.29) is 10.9 Å². The van der Waals surface area contributed by atoms with E-state index in [9.17, 15) is 0 Å². The van der Waals surface area contributed by atoms with E-state index in [2.05, 4.69) is 65.1 Å².